The summed E-state index contributed by atoms with van der Waals surface area (Å²) in [7, 11) is 0. The van der Waals surface area contributed by atoms with Crippen LogP contribution in [0.5, 0.6) is 11.5 Å². The van der Waals surface area contributed by atoms with Crippen LogP contribution in [-0.4, -0.2) is 10.2 Å². The minimum atomic E-state index is 0. The van der Waals surface area contributed by atoms with Gasteiger partial charge in [-0.1, -0.05) is 27.3 Å². The molecule has 1 rings (SSSR count). The van der Waals surface area contributed by atoms with Gasteiger partial charge < -0.3 is 10.2 Å². The highest BCUT2D eigenvalue weighted by atomic mass is 16.3. The molecule has 2 heteroatoms. The smallest absolute Gasteiger partial charge is 0.122 e. The highest BCUT2D eigenvalue weighted by Gasteiger charge is 2.04. The van der Waals surface area contributed by atoms with E-state index in [0.29, 0.717) is 0 Å². The SMILES string of the molecule is C.CC(C)c1ccc(O)cc1O. The van der Waals surface area contributed by atoms with Gasteiger partial charge in [0, 0.05) is 6.07 Å². The number of rotatable bonds is 1. The molecule has 0 bridgehead atoms. The van der Waals surface area contributed by atoms with Gasteiger partial charge in [0.25, 0.3) is 0 Å². The van der Waals surface area contributed by atoms with Crippen LogP contribution in [-0.2, 0) is 0 Å². The molecule has 12 heavy (non-hydrogen) atoms. The Kier molecular flexibility index (Phi) is 3.61. The second-order valence-corrected chi connectivity index (χ2v) is 2.90. The standard InChI is InChI=1S/C9H12O2.CH4/c1-6(2)8-4-3-7(10)5-9(8)11;/h3-6,10-11H,1-2H3;1H4. The number of hydrogen-bond donors (Lipinski definition) is 2. The van der Waals surface area contributed by atoms with Gasteiger partial charge >= 0.3 is 0 Å². The van der Waals surface area contributed by atoms with Crippen molar-refractivity contribution in [2.24, 2.45) is 0 Å². The number of benzene rings is 1. The van der Waals surface area contributed by atoms with E-state index in [4.69, 9.17) is 5.11 Å². The van der Waals surface area contributed by atoms with E-state index in [0.717, 1.165) is 5.56 Å². The van der Waals surface area contributed by atoms with Crippen molar-refractivity contribution < 1.29 is 10.2 Å². The maximum absolute atomic E-state index is 9.30. The third-order valence-electron chi connectivity index (χ3n) is 1.64. The molecule has 1 aromatic carbocycles. The monoisotopic (exact) mass is 168 g/mol. The van der Waals surface area contributed by atoms with Gasteiger partial charge in [0.2, 0.25) is 0 Å². The lowest BCUT2D eigenvalue weighted by atomic mass is 10.0. The summed E-state index contributed by atoms with van der Waals surface area (Å²) in [5.41, 5.74) is 0.864. The molecule has 0 aliphatic carbocycles. The fourth-order valence-corrected chi connectivity index (χ4v) is 1.02. The number of phenolic OH excluding ortho intramolecular Hbond substituents is 2. The minimum Gasteiger partial charge on any atom is -0.508 e. The Balaban J connectivity index is 0.00000121. The summed E-state index contributed by atoms with van der Waals surface area (Å²) in [5.74, 6) is 0.558. The Morgan fingerprint density at radius 1 is 1.17 bits per heavy atom. The average molecular weight is 168 g/mol. The van der Waals surface area contributed by atoms with E-state index in [9.17, 15) is 5.11 Å². The maximum atomic E-state index is 9.30. The zero-order valence-corrected chi connectivity index (χ0v) is 6.70. The van der Waals surface area contributed by atoms with Gasteiger partial charge in [0.15, 0.2) is 0 Å². The van der Waals surface area contributed by atoms with E-state index in [1.54, 1.807) is 12.1 Å². The third kappa shape index (κ3) is 2.16. The van der Waals surface area contributed by atoms with Crippen molar-refractivity contribution in [2.45, 2.75) is 27.2 Å². The fourth-order valence-electron chi connectivity index (χ4n) is 1.02. The van der Waals surface area contributed by atoms with E-state index >= 15 is 0 Å². The lowest BCUT2D eigenvalue weighted by Crippen LogP contribution is -1.86. The van der Waals surface area contributed by atoms with Gasteiger partial charge in [-0.25, -0.2) is 0 Å². The quantitative estimate of drug-likeness (QED) is 0.677. The Morgan fingerprint density at radius 3 is 2.17 bits per heavy atom. The molecular weight excluding hydrogens is 152 g/mol. The van der Waals surface area contributed by atoms with E-state index in [1.165, 1.54) is 6.07 Å². The zero-order valence-electron chi connectivity index (χ0n) is 6.70. The Hall–Kier alpha value is -1.18. The first-order valence-corrected chi connectivity index (χ1v) is 3.63. The summed E-state index contributed by atoms with van der Waals surface area (Å²) in [4.78, 5) is 0. The first-order chi connectivity index (χ1) is 5.11. The first kappa shape index (κ1) is 10.8. The largest absolute Gasteiger partial charge is 0.508 e. The summed E-state index contributed by atoms with van der Waals surface area (Å²) in [6.07, 6.45) is 0. The molecule has 0 unspecified atom stereocenters. The molecule has 0 spiro atoms. The van der Waals surface area contributed by atoms with Gasteiger partial charge in [-0.05, 0) is 17.5 Å². The average Bonchev–Trinajstić information content (AvgIpc) is 1.85. The summed E-state index contributed by atoms with van der Waals surface area (Å²) in [6, 6.07) is 4.67. The predicted octanol–water partition coefficient (Wildman–Crippen LogP) is 2.86. The van der Waals surface area contributed by atoms with Crippen molar-refractivity contribution >= 4 is 0 Å². The highest BCUT2D eigenvalue weighted by molar-refractivity contribution is 5.40. The highest BCUT2D eigenvalue weighted by Crippen LogP contribution is 2.28. The number of phenols is 2. The summed E-state index contributed by atoms with van der Waals surface area (Å²) < 4.78 is 0. The first-order valence-electron chi connectivity index (χ1n) is 3.63. The predicted molar refractivity (Wildman–Crippen MR) is 50.6 cm³/mol. The molecule has 0 atom stereocenters. The molecule has 0 saturated carbocycles. The fraction of sp³-hybridized carbons (Fsp3) is 0.400. The molecule has 0 heterocycles. The van der Waals surface area contributed by atoms with Crippen molar-refractivity contribution in [3.8, 4) is 11.5 Å². The Labute approximate surface area is 73.5 Å². The number of hydrogen-bond acceptors (Lipinski definition) is 2. The van der Waals surface area contributed by atoms with Crippen molar-refractivity contribution in [1.29, 1.82) is 0 Å². The van der Waals surface area contributed by atoms with Crippen molar-refractivity contribution in [3.63, 3.8) is 0 Å². The van der Waals surface area contributed by atoms with Crippen LogP contribution in [0.15, 0.2) is 18.2 Å². The van der Waals surface area contributed by atoms with Crippen molar-refractivity contribution in [1.82, 2.24) is 0 Å². The molecule has 0 aliphatic rings. The normalized spacial score (nSPS) is 9.58. The molecule has 68 valence electrons. The Bertz CT molecular complexity index is 254. The molecular formula is C10H16O2. The van der Waals surface area contributed by atoms with E-state index in [2.05, 4.69) is 0 Å². The van der Waals surface area contributed by atoms with Gasteiger partial charge in [-0.2, -0.15) is 0 Å². The van der Waals surface area contributed by atoms with Crippen LogP contribution >= 0.6 is 0 Å². The lowest BCUT2D eigenvalue weighted by molar-refractivity contribution is 0.444. The second kappa shape index (κ2) is 4.00. The van der Waals surface area contributed by atoms with Crippen molar-refractivity contribution in [3.05, 3.63) is 23.8 Å². The van der Waals surface area contributed by atoms with Gasteiger partial charge in [-0.3, -0.25) is 0 Å². The van der Waals surface area contributed by atoms with Crippen molar-refractivity contribution in [2.75, 3.05) is 0 Å². The van der Waals surface area contributed by atoms with Gasteiger partial charge in [0.05, 0.1) is 0 Å². The molecule has 0 aromatic heterocycles. The van der Waals surface area contributed by atoms with Crippen LogP contribution in [0.4, 0.5) is 0 Å². The zero-order chi connectivity index (χ0) is 8.43. The van der Waals surface area contributed by atoms with E-state index < -0.39 is 0 Å². The second-order valence-electron chi connectivity index (χ2n) is 2.90. The topological polar surface area (TPSA) is 40.5 Å². The minimum absolute atomic E-state index is 0. The van der Waals surface area contributed by atoms with E-state index in [-0.39, 0.29) is 24.8 Å². The van der Waals surface area contributed by atoms with Crippen LogP contribution in [0.2, 0.25) is 0 Å². The summed E-state index contributed by atoms with van der Waals surface area (Å²) >= 11 is 0. The Morgan fingerprint density at radius 2 is 1.75 bits per heavy atom. The third-order valence-corrected chi connectivity index (χ3v) is 1.64. The van der Waals surface area contributed by atoms with E-state index in [1.807, 2.05) is 13.8 Å². The van der Waals surface area contributed by atoms with Crippen LogP contribution in [0.1, 0.15) is 32.8 Å². The molecule has 2 nitrogen and oxygen atoms in total. The molecule has 0 saturated heterocycles. The van der Waals surface area contributed by atoms with Gasteiger partial charge in [0.1, 0.15) is 11.5 Å². The number of aromatic hydroxyl groups is 2. The molecule has 0 aliphatic heterocycles. The van der Waals surface area contributed by atoms with Crippen LogP contribution < -0.4 is 0 Å². The van der Waals surface area contributed by atoms with Crippen LogP contribution in [0.3, 0.4) is 0 Å². The summed E-state index contributed by atoms with van der Waals surface area (Å²) in [6.45, 7) is 3.98. The van der Waals surface area contributed by atoms with Gasteiger partial charge in [-0.15, -0.1) is 0 Å². The molecule has 0 amide bonds. The lowest BCUT2D eigenvalue weighted by Gasteiger charge is -2.07. The molecule has 1 aromatic rings. The van der Waals surface area contributed by atoms with Crippen LogP contribution in [0.25, 0.3) is 0 Å². The molecule has 0 fully saturated rings. The summed E-state index contributed by atoms with van der Waals surface area (Å²) in [5, 5.41) is 18.3. The maximum Gasteiger partial charge on any atom is 0.122 e. The van der Waals surface area contributed by atoms with Crippen LogP contribution in [0, 0.1) is 0 Å². The molecule has 0 radical (unpaired) electrons. The molecule has 2 N–H and O–H groups in total.